The van der Waals surface area contributed by atoms with Gasteiger partial charge in [0, 0.05) is 0 Å². The molecule has 26 heavy (non-hydrogen) atoms. The Bertz CT molecular complexity index is 732. The van der Waals surface area contributed by atoms with Crippen molar-refractivity contribution in [1.29, 1.82) is 0 Å². The normalized spacial score (nSPS) is 11.4. The van der Waals surface area contributed by atoms with Crippen molar-refractivity contribution in [2.75, 3.05) is 27.9 Å². The maximum Gasteiger partial charge on any atom is 0.258 e. The van der Waals surface area contributed by atoms with Crippen LogP contribution in [0.1, 0.15) is 24.9 Å². The van der Waals surface area contributed by atoms with Gasteiger partial charge in [-0.3, -0.25) is 4.79 Å². The van der Waals surface area contributed by atoms with Gasteiger partial charge in [-0.05, 0) is 36.2 Å². The summed E-state index contributed by atoms with van der Waals surface area (Å²) in [4.78, 5) is 12.3. The molecule has 1 unspecified atom stereocenters. The summed E-state index contributed by atoms with van der Waals surface area (Å²) in [7, 11) is 4.74. The van der Waals surface area contributed by atoms with E-state index in [0.717, 1.165) is 12.0 Å². The zero-order chi connectivity index (χ0) is 18.9. The summed E-state index contributed by atoms with van der Waals surface area (Å²) in [5.74, 6) is 2.19. The second-order valence-corrected chi connectivity index (χ2v) is 5.58. The van der Waals surface area contributed by atoms with Gasteiger partial charge >= 0.3 is 0 Å². The number of hydrogen-bond donors (Lipinski definition) is 1. The third-order valence-electron chi connectivity index (χ3n) is 3.98. The van der Waals surface area contributed by atoms with Gasteiger partial charge in [-0.2, -0.15) is 0 Å². The Hall–Kier alpha value is -2.89. The minimum atomic E-state index is -0.211. The topological polar surface area (TPSA) is 66.0 Å². The third-order valence-corrected chi connectivity index (χ3v) is 3.98. The number of amides is 1. The van der Waals surface area contributed by atoms with Crippen molar-refractivity contribution in [1.82, 2.24) is 5.32 Å². The first-order chi connectivity index (χ1) is 12.6. The highest BCUT2D eigenvalue weighted by Crippen LogP contribution is 2.31. The Kier molecular flexibility index (Phi) is 7.14. The maximum atomic E-state index is 12.3. The van der Waals surface area contributed by atoms with Crippen molar-refractivity contribution in [2.24, 2.45) is 0 Å². The molecule has 1 N–H and O–H groups in total. The average molecular weight is 359 g/mol. The van der Waals surface area contributed by atoms with Crippen LogP contribution in [0.25, 0.3) is 0 Å². The standard InChI is InChI=1S/C20H25NO5/c1-5-15(14-10-11-17(24-3)19(12-14)25-4)21-20(22)13-26-18-9-7-6-8-16(18)23-2/h6-12,15H,5,13H2,1-4H3,(H,21,22). The smallest absolute Gasteiger partial charge is 0.258 e. The lowest BCUT2D eigenvalue weighted by Gasteiger charge is -2.19. The van der Waals surface area contributed by atoms with E-state index in [1.165, 1.54) is 0 Å². The molecule has 0 bridgehead atoms. The van der Waals surface area contributed by atoms with E-state index in [-0.39, 0.29) is 18.6 Å². The first-order valence-electron chi connectivity index (χ1n) is 8.40. The highest BCUT2D eigenvalue weighted by Gasteiger charge is 2.16. The lowest BCUT2D eigenvalue weighted by Crippen LogP contribution is -2.32. The Morgan fingerprint density at radius 3 is 2.15 bits per heavy atom. The van der Waals surface area contributed by atoms with E-state index in [9.17, 15) is 4.79 Å². The van der Waals surface area contributed by atoms with Crippen LogP contribution in [0.5, 0.6) is 23.0 Å². The zero-order valence-corrected chi connectivity index (χ0v) is 15.6. The van der Waals surface area contributed by atoms with Crippen LogP contribution in [0, 0.1) is 0 Å². The highest BCUT2D eigenvalue weighted by molar-refractivity contribution is 5.78. The predicted octanol–water partition coefficient (Wildman–Crippen LogP) is 3.36. The molecule has 0 aliphatic carbocycles. The molecule has 1 amide bonds. The summed E-state index contributed by atoms with van der Waals surface area (Å²) in [5, 5.41) is 2.98. The van der Waals surface area contributed by atoms with E-state index in [2.05, 4.69) is 5.32 Å². The monoisotopic (exact) mass is 359 g/mol. The van der Waals surface area contributed by atoms with Gasteiger partial charge in [0.15, 0.2) is 29.6 Å². The van der Waals surface area contributed by atoms with Gasteiger partial charge in [0.1, 0.15) is 0 Å². The van der Waals surface area contributed by atoms with Gasteiger partial charge in [0.2, 0.25) is 0 Å². The fraction of sp³-hybridized carbons (Fsp3) is 0.350. The van der Waals surface area contributed by atoms with E-state index in [4.69, 9.17) is 18.9 Å². The number of ether oxygens (including phenoxy) is 4. The largest absolute Gasteiger partial charge is 0.493 e. The van der Waals surface area contributed by atoms with Crippen LogP contribution in [-0.2, 0) is 4.79 Å². The number of hydrogen-bond acceptors (Lipinski definition) is 5. The second-order valence-electron chi connectivity index (χ2n) is 5.58. The molecule has 0 spiro atoms. The molecule has 0 saturated carbocycles. The van der Waals surface area contributed by atoms with Crippen molar-refractivity contribution in [3.8, 4) is 23.0 Å². The van der Waals surface area contributed by atoms with Crippen LogP contribution in [0.3, 0.4) is 0 Å². The summed E-state index contributed by atoms with van der Waals surface area (Å²) in [6.07, 6.45) is 0.732. The number of methoxy groups -OCH3 is 3. The first kappa shape index (κ1) is 19.4. The molecule has 0 aliphatic heterocycles. The Morgan fingerprint density at radius 1 is 0.923 bits per heavy atom. The zero-order valence-electron chi connectivity index (χ0n) is 15.6. The van der Waals surface area contributed by atoms with Crippen molar-refractivity contribution in [2.45, 2.75) is 19.4 Å². The summed E-state index contributed by atoms with van der Waals surface area (Å²) in [5.41, 5.74) is 0.941. The molecule has 0 heterocycles. The van der Waals surface area contributed by atoms with E-state index in [1.807, 2.05) is 37.3 Å². The van der Waals surface area contributed by atoms with Crippen LogP contribution in [0.2, 0.25) is 0 Å². The highest BCUT2D eigenvalue weighted by atomic mass is 16.5. The molecule has 0 saturated heterocycles. The number of carbonyl (C=O) groups is 1. The van der Waals surface area contributed by atoms with Crippen LogP contribution in [0.15, 0.2) is 42.5 Å². The van der Waals surface area contributed by atoms with Crippen LogP contribution in [0.4, 0.5) is 0 Å². The van der Waals surface area contributed by atoms with Gasteiger partial charge < -0.3 is 24.3 Å². The molecule has 0 aromatic heterocycles. The molecule has 2 aromatic rings. The summed E-state index contributed by atoms with van der Waals surface area (Å²) >= 11 is 0. The van der Waals surface area contributed by atoms with Crippen LogP contribution >= 0.6 is 0 Å². The minimum absolute atomic E-state index is 0.0931. The van der Waals surface area contributed by atoms with E-state index >= 15 is 0 Å². The fourth-order valence-corrected chi connectivity index (χ4v) is 2.61. The number of nitrogens with one attached hydrogen (secondary N) is 1. The van der Waals surface area contributed by atoms with Crippen LogP contribution < -0.4 is 24.3 Å². The number of carbonyl (C=O) groups excluding carboxylic acids is 1. The van der Waals surface area contributed by atoms with E-state index < -0.39 is 0 Å². The summed E-state index contributed by atoms with van der Waals surface area (Å²) in [6, 6.07) is 12.7. The second kappa shape index (κ2) is 9.56. The van der Waals surface area contributed by atoms with Crippen LogP contribution in [-0.4, -0.2) is 33.8 Å². The molecular weight excluding hydrogens is 334 g/mol. The van der Waals surface area contributed by atoms with E-state index in [0.29, 0.717) is 23.0 Å². The Labute approximate surface area is 154 Å². The third kappa shape index (κ3) is 4.81. The minimum Gasteiger partial charge on any atom is -0.493 e. The number of para-hydroxylation sites is 2. The molecular formula is C20H25NO5. The lowest BCUT2D eigenvalue weighted by atomic mass is 10.0. The maximum absolute atomic E-state index is 12.3. The molecule has 6 heteroatoms. The van der Waals surface area contributed by atoms with Gasteiger partial charge in [-0.1, -0.05) is 25.1 Å². The Morgan fingerprint density at radius 2 is 1.54 bits per heavy atom. The van der Waals surface area contributed by atoms with Crippen molar-refractivity contribution in [3.05, 3.63) is 48.0 Å². The van der Waals surface area contributed by atoms with Crippen molar-refractivity contribution >= 4 is 5.91 Å². The van der Waals surface area contributed by atoms with Gasteiger partial charge in [0.05, 0.1) is 27.4 Å². The average Bonchev–Trinajstić information content (AvgIpc) is 2.70. The van der Waals surface area contributed by atoms with Gasteiger partial charge in [-0.15, -0.1) is 0 Å². The van der Waals surface area contributed by atoms with Crippen molar-refractivity contribution in [3.63, 3.8) is 0 Å². The molecule has 140 valence electrons. The SMILES string of the molecule is CCC(NC(=O)COc1ccccc1OC)c1ccc(OC)c(OC)c1. The molecule has 2 aromatic carbocycles. The first-order valence-corrected chi connectivity index (χ1v) is 8.40. The summed E-state index contributed by atoms with van der Waals surface area (Å²) < 4.78 is 21.4. The van der Waals surface area contributed by atoms with Crippen molar-refractivity contribution < 1.29 is 23.7 Å². The Balaban J connectivity index is 2.02. The molecule has 0 radical (unpaired) electrons. The molecule has 0 fully saturated rings. The fourth-order valence-electron chi connectivity index (χ4n) is 2.61. The molecule has 0 aliphatic rings. The molecule has 2 rings (SSSR count). The van der Waals surface area contributed by atoms with Gasteiger partial charge in [-0.25, -0.2) is 0 Å². The molecule has 6 nitrogen and oxygen atoms in total. The quantitative estimate of drug-likeness (QED) is 0.744. The van der Waals surface area contributed by atoms with Gasteiger partial charge in [0.25, 0.3) is 5.91 Å². The lowest BCUT2D eigenvalue weighted by molar-refractivity contribution is -0.123. The van der Waals surface area contributed by atoms with E-state index in [1.54, 1.807) is 33.5 Å². The molecule has 1 atom stereocenters. The number of benzene rings is 2. The predicted molar refractivity (Wildman–Crippen MR) is 99.2 cm³/mol. The number of rotatable bonds is 9. The summed E-state index contributed by atoms with van der Waals surface area (Å²) in [6.45, 7) is 1.91.